The van der Waals surface area contributed by atoms with Gasteiger partial charge in [0.15, 0.2) is 11.6 Å². The van der Waals surface area contributed by atoms with Crippen molar-refractivity contribution >= 4 is 23.4 Å². The third kappa shape index (κ3) is 7.51. The largest absolute Gasteiger partial charge is 0.490 e. The van der Waals surface area contributed by atoms with Gasteiger partial charge in [0, 0.05) is 61.4 Å². The minimum atomic E-state index is -0.648. The molecule has 1 amide bonds. The molecule has 9 heteroatoms. The third-order valence-corrected chi connectivity index (χ3v) is 7.92. The molecule has 1 saturated heterocycles. The number of nitrogens with zero attached hydrogens (tertiary/aromatic N) is 3. The van der Waals surface area contributed by atoms with Crippen molar-refractivity contribution in [2.24, 2.45) is 5.16 Å². The van der Waals surface area contributed by atoms with Crippen molar-refractivity contribution in [3.63, 3.8) is 0 Å². The number of aryl methyl sites for hydroxylation is 1. The Bertz CT molecular complexity index is 1520. The predicted octanol–water partition coefficient (Wildman–Crippen LogP) is 6.40. The molecule has 1 aliphatic heterocycles. The van der Waals surface area contributed by atoms with Gasteiger partial charge in [-0.05, 0) is 81.1 Å². The molecular formula is C35H39N3O6. The molecule has 2 aromatic carbocycles. The zero-order chi connectivity index (χ0) is 31.3. The number of amides is 1. The molecule has 0 N–H and O–H groups in total. The van der Waals surface area contributed by atoms with Crippen LogP contribution in [-0.2, 0) is 16.0 Å². The maximum Gasteiger partial charge on any atom is 0.410 e. The molecule has 0 radical (unpaired) electrons. The highest BCUT2D eigenvalue weighted by Gasteiger charge is 2.29. The lowest BCUT2D eigenvalue weighted by Crippen LogP contribution is -2.44. The van der Waals surface area contributed by atoms with E-state index in [9.17, 15) is 14.4 Å². The van der Waals surface area contributed by atoms with Gasteiger partial charge in [0.05, 0.1) is 11.6 Å². The molecule has 3 aromatic rings. The van der Waals surface area contributed by atoms with Crippen molar-refractivity contribution < 1.29 is 28.7 Å². The fourth-order valence-corrected chi connectivity index (χ4v) is 5.69. The summed E-state index contributed by atoms with van der Waals surface area (Å²) in [6.07, 6.45) is 5.82. The molecule has 1 atom stereocenters. The Kier molecular flexibility index (Phi) is 9.42. The van der Waals surface area contributed by atoms with Gasteiger partial charge in [-0.15, -0.1) is 0 Å². The molecule has 1 unspecified atom stereocenters. The topological polar surface area (TPSA) is 107 Å². The second-order valence-corrected chi connectivity index (χ2v) is 12.2. The summed E-state index contributed by atoms with van der Waals surface area (Å²) in [5, 5.41) is 4.13. The van der Waals surface area contributed by atoms with Crippen LogP contribution in [0.2, 0.25) is 0 Å². The number of hydrogen-bond donors (Lipinski definition) is 0. The maximum absolute atomic E-state index is 13.7. The first-order chi connectivity index (χ1) is 21.1. The lowest BCUT2D eigenvalue weighted by atomic mass is 9.84. The van der Waals surface area contributed by atoms with E-state index in [1.165, 1.54) is 7.11 Å². The summed E-state index contributed by atoms with van der Waals surface area (Å²) >= 11 is 0. The highest BCUT2D eigenvalue weighted by molar-refractivity contribution is 6.07. The Balaban J connectivity index is 1.25. The lowest BCUT2D eigenvalue weighted by Gasteiger charge is -2.33. The van der Waals surface area contributed by atoms with Crippen LogP contribution < -0.4 is 4.74 Å². The fraction of sp³-hybridized carbons (Fsp3) is 0.400. The van der Waals surface area contributed by atoms with Gasteiger partial charge in [0.2, 0.25) is 0 Å². The summed E-state index contributed by atoms with van der Waals surface area (Å²) in [7, 11) is 1.53. The number of ketones is 2. The third-order valence-electron chi connectivity index (χ3n) is 7.92. The standard InChI is InChI=1S/C35H39N3O6/c1-35(2,3)44-34(41)38-19-15-28(16-20-38)43-27-9-5-23(6-10-27)32(39)22-30(33(40)24-13-17-36-18-14-24)26-7-11-29-25(21-26)8-12-31(29)37-42-4/h5-7,9-11,13-14,17-18,21,28,30H,8,12,15-16,19-20,22H2,1-4H3/b37-31-. The minimum absolute atomic E-state index is 0.0300. The Morgan fingerprint density at radius 2 is 1.66 bits per heavy atom. The average molecular weight is 598 g/mol. The highest BCUT2D eigenvalue weighted by Crippen LogP contribution is 2.32. The van der Waals surface area contributed by atoms with Crippen molar-refractivity contribution in [2.75, 3.05) is 20.2 Å². The van der Waals surface area contributed by atoms with Crippen molar-refractivity contribution in [3.8, 4) is 5.75 Å². The molecule has 0 spiro atoms. The number of pyridine rings is 1. The number of carbonyl (C=O) groups excluding carboxylic acids is 3. The second-order valence-electron chi connectivity index (χ2n) is 12.2. The van der Waals surface area contributed by atoms with Crippen molar-refractivity contribution in [1.82, 2.24) is 9.88 Å². The molecule has 2 aliphatic rings. The highest BCUT2D eigenvalue weighted by atomic mass is 16.6. The summed E-state index contributed by atoms with van der Waals surface area (Å²) in [6, 6.07) is 16.3. The molecule has 0 bridgehead atoms. The van der Waals surface area contributed by atoms with E-state index in [0.29, 0.717) is 42.8 Å². The Labute approximate surface area is 258 Å². The Hall–Kier alpha value is -4.53. The quantitative estimate of drug-likeness (QED) is 0.208. The zero-order valence-electron chi connectivity index (χ0n) is 25.7. The normalized spacial score (nSPS) is 16.7. The van der Waals surface area contributed by atoms with Crippen LogP contribution in [0.1, 0.15) is 89.8 Å². The summed E-state index contributed by atoms with van der Waals surface area (Å²) < 4.78 is 11.6. The Morgan fingerprint density at radius 3 is 2.32 bits per heavy atom. The van der Waals surface area contributed by atoms with Crippen LogP contribution in [0.5, 0.6) is 5.75 Å². The van der Waals surface area contributed by atoms with Gasteiger partial charge in [-0.3, -0.25) is 14.6 Å². The van der Waals surface area contributed by atoms with Crippen molar-refractivity contribution in [1.29, 1.82) is 0 Å². The molecule has 1 aliphatic carbocycles. The van der Waals surface area contributed by atoms with E-state index < -0.39 is 11.5 Å². The molecule has 0 saturated carbocycles. The van der Waals surface area contributed by atoms with Crippen LogP contribution in [-0.4, -0.2) is 65.2 Å². The molecule has 1 fully saturated rings. The number of Topliss-reactive ketones (excluding diaryl/α,β-unsaturated/α-hetero) is 2. The molecule has 1 aromatic heterocycles. The minimum Gasteiger partial charge on any atom is -0.490 e. The van der Waals surface area contributed by atoms with Crippen LogP contribution in [0.4, 0.5) is 4.79 Å². The van der Waals surface area contributed by atoms with Crippen LogP contribution in [0, 0.1) is 0 Å². The van der Waals surface area contributed by atoms with Gasteiger partial charge in [-0.25, -0.2) is 4.79 Å². The van der Waals surface area contributed by atoms with E-state index in [4.69, 9.17) is 14.3 Å². The number of fused-ring (bicyclic) bond motifs is 1. The van der Waals surface area contributed by atoms with E-state index in [0.717, 1.165) is 35.2 Å². The van der Waals surface area contributed by atoms with Crippen LogP contribution >= 0.6 is 0 Å². The second kappa shape index (κ2) is 13.4. The van der Waals surface area contributed by atoms with E-state index >= 15 is 0 Å². The monoisotopic (exact) mass is 597 g/mol. The Morgan fingerprint density at radius 1 is 0.955 bits per heavy atom. The zero-order valence-corrected chi connectivity index (χ0v) is 25.7. The SMILES string of the molecule is CO/N=C1/CCc2cc(C(CC(=O)c3ccc(OC4CCN(C(=O)OC(C)(C)C)CC4)cc3)C(=O)c3ccncc3)ccc21. The number of piperidine rings is 1. The molecule has 9 nitrogen and oxygen atoms in total. The first-order valence-corrected chi connectivity index (χ1v) is 15.1. The number of benzene rings is 2. The predicted molar refractivity (Wildman–Crippen MR) is 166 cm³/mol. The number of rotatable bonds is 9. The molecule has 5 rings (SSSR count). The number of likely N-dealkylation sites (tertiary alicyclic amines) is 1. The molecular weight excluding hydrogens is 558 g/mol. The molecule has 2 heterocycles. The van der Waals surface area contributed by atoms with Gasteiger partial charge in [0.25, 0.3) is 0 Å². The van der Waals surface area contributed by atoms with E-state index in [2.05, 4.69) is 10.1 Å². The number of hydrogen-bond acceptors (Lipinski definition) is 8. The fourth-order valence-electron chi connectivity index (χ4n) is 5.69. The van der Waals surface area contributed by atoms with Crippen LogP contribution in [0.25, 0.3) is 0 Å². The number of oxime groups is 1. The van der Waals surface area contributed by atoms with E-state index in [-0.39, 0.29) is 30.2 Å². The number of carbonyl (C=O) groups is 3. The average Bonchev–Trinajstić information content (AvgIpc) is 3.42. The van der Waals surface area contributed by atoms with Gasteiger partial charge in [0.1, 0.15) is 24.6 Å². The van der Waals surface area contributed by atoms with Crippen molar-refractivity contribution in [3.05, 3.63) is 94.8 Å². The van der Waals surface area contributed by atoms with Gasteiger partial charge < -0.3 is 19.2 Å². The number of aromatic nitrogens is 1. The summed E-state index contributed by atoms with van der Waals surface area (Å²) in [5.74, 6) is -0.238. The molecule has 230 valence electrons. The first-order valence-electron chi connectivity index (χ1n) is 15.1. The van der Waals surface area contributed by atoms with Crippen LogP contribution in [0.15, 0.2) is 72.1 Å². The summed E-state index contributed by atoms with van der Waals surface area (Å²) in [5.41, 5.74) is 4.30. The lowest BCUT2D eigenvalue weighted by molar-refractivity contribution is 0.0126. The van der Waals surface area contributed by atoms with Gasteiger partial charge in [-0.2, -0.15) is 0 Å². The number of ether oxygens (including phenoxy) is 2. The van der Waals surface area contributed by atoms with Gasteiger partial charge in [-0.1, -0.05) is 23.4 Å². The molecule has 44 heavy (non-hydrogen) atoms. The first kappa shape index (κ1) is 30.9. The van der Waals surface area contributed by atoms with E-state index in [1.54, 1.807) is 53.7 Å². The smallest absolute Gasteiger partial charge is 0.410 e. The van der Waals surface area contributed by atoms with Crippen LogP contribution in [0.3, 0.4) is 0 Å². The van der Waals surface area contributed by atoms with Gasteiger partial charge >= 0.3 is 6.09 Å². The summed E-state index contributed by atoms with van der Waals surface area (Å²) in [6.45, 7) is 6.69. The van der Waals surface area contributed by atoms with E-state index in [1.807, 2.05) is 39.0 Å². The van der Waals surface area contributed by atoms with Crippen molar-refractivity contribution in [2.45, 2.75) is 70.5 Å². The summed E-state index contributed by atoms with van der Waals surface area (Å²) in [4.78, 5) is 50.4. The maximum atomic E-state index is 13.7.